The van der Waals surface area contributed by atoms with Crippen molar-refractivity contribution in [2.24, 2.45) is 0 Å². The van der Waals surface area contributed by atoms with Gasteiger partial charge in [-0.3, -0.25) is 19.7 Å². The standard InChI is InChI=1S/C22H21FN4O5.C2H6/c1-32-14-7-9-26(10-8-14)22(29)16-11-13(5-6-17(16)23)12-18-20-15(21(28)25-24-18)3-2-4-19(20)27(30)31;1-2/h2-6,11,14H,7-10,12H2,1H3,(H,25,28);1-2H3. The summed E-state index contributed by atoms with van der Waals surface area (Å²) in [6, 6.07) is 8.35. The molecule has 4 rings (SSSR count). The van der Waals surface area contributed by atoms with Gasteiger partial charge >= 0.3 is 0 Å². The highest BCUT2D eigenvalue weighted by Crippen LogP contribution is 2.27. The lowest BCUT2D eigenvalue weighted by atomic mass is 10.0. The number of likely N-dealkylation sites (tertiary alicyclic amines) is 1. The third-order valence-electron chi connectivity index (χ3n) is 5.76. The molecule has 2 heterocycles. The van der Waals surface area contributed by atoms with Crippen LogP contribution in [-0.2, 0) is 11.2 Å². The van der Waals surface area contributed by atoms with Gasteiger partial charge in [0.25, 0.3) is 17.2 Å². The Morgan fingerprint density at radius 3 is 2.62 bits per heavy atom. The summed E-state index contributed by atoms with van der Waals surface area (Å²) in [6.07, 6.45) is 1.52. The van der Waals surface area contributed by atoms with Gasteiger partial charge in [-0.25, -0.2) is 9.49 Å². The van der Waals surface area contributed by atoms with Crippen molar-refractivity contribution in [3.8, 4) is 0 Å². The summed E-state index contributed by atoms with van der Waals surface area (Å²) in [7, 11) is 1.63. The lowest BCUT2D eigenvalue weighted by Crippen LogP contribution is -2.41. The molecule has 180 valence electrons. The minimum Gasteiger partial charge on any atom is -0.381 e. The number of halogens is 1. The van der Waals surface area contributed by atoms with Crippen LogP contribution in [0.4, 0.5) is 10.1 Å². The first kappa shape index (κ1) is 25.0. The van der Waals surface area contributed by atoms with Crippen LogP contribution in [0.3, 0.4) is 0 Å². The fraction of sp³-hybridized carbons (Fsp3) is 0.375. The van der Waals surface area contributed by atoms with Gasteiger partial charge in [0.15, 0.2) is 0 Å². The predicted octanol–water partition coefficient (Wildman–Crippen LogP) is 3.84. The van der Waals surface area contributed by atoms with E-state index in [9.17, 15) is 24.1 Å². The van der Waals surface area contributed by atoms with Crippen molar-refractivity contribution >= 4 is 22.4 Å². The number of rotatable bonds is 5. The van der Waals surface area contributed by atoms with Gasteiger partial charge in [-0.2, -0.15) is 5.10 Å². The molecule has 0 bridgehead atoms. The fourth-order valence-corrected chi connectivity index (χ4v) is 4.05. The lowest BCUT2D eigenvalue weighted by Gasteiger charge is -2.31. The molecule has 3 aromatic rings. The van der Waals surface area contributed by atoms with Crippen molar-refractivity contribution in [3.63, 3.8) is 0 Å². The molecule has 1 N–H and O–H groups in total. The molecule has 1 aliphatic heterocycles. The number of nitrogens with zero attached hydrogens (tertiary/aromatic N) is 3. The number of piperidine rings is 1. The number of carbonyl (C=O) groups is 1. The average molecular weight is 471 g/mol. The SMILES string of the molecule is CC.COC1CCN(C(=O)c2cc(Cc3n[nH]c(=O)c4cccc([N+](=O)[O-])c34)ccc2F)CC1. The van der Waals surface area contributed by atoms with E-state index in [2.05, 4.69) is 10.2 Å². The van der Waals surface area contributed by atoms with Crippen LogP contribution in [0.15, 0.2) is 41.2 Å². The van der Waals surface area contributed by atoms with Crippen LogP contribution in [0.2, 0.25) is 0 Å². The van der Waals surface area contributed by atoms with Gasteiger partial charge in [0.1, 0.15) is 5.82 Å². The van der Waals surface area contributed by atoms with Crippen molar-refractivity contribution in [2.75, 3.05) is 20.2 Å². The van der Waals surface area contributed by atoms with E-state index in [0.29, 0.717) is 31.5 Å². The number of nitro groups is 1. The number of methoxy groups -OCH3 is 1. The number of aromatic amines is 1. The number of ether oxygens (including phenoxy) is 1. The highest BCUT2D eigenvalue weighted by atomic mass is 19.1. The summed E-state index contributed by atoms with van der Waals surface area (Å²) in [5.41, 5.74) is -0.0441. The first-order chi connectivity index (χ1) is 16.4. The van der Waals surface area contributed by atoms with E-state index in [1.807, 2.05) is 13.8 Å². The minimum absolute atomic E-state index is 0.0680. The van der Waals surface area contributed by atoms with Crippen LogP contribution < -0.4 is 5.56 Å². The summed E-state index contributed by atoms with van der Waals surface area (Å²) < 4.78 is 19.8. The first-order valence-electron chi connectivity index (χ1n) is 11.1. The van der Waals surface area contributed by atoms with E-state index < -0.39 is 22.2 Å². The number of fused-ring (bicyclic) bond motifs is 1. The third-order valence-corrected chi connectivity index (χ3v) is 5.76. The van der Waals surface area contributed by atoms with E-state index in [1.54, 1.807) is 12.0 Å². The Kier molecular flexibility index (Phi) is 8.06. The number of carbonyl (C=O) groups excluding carboxylic acids is 1. The monoisotopic (exact) mass is 470 g/mol. The Labute approximate surface area is 195 Å². The molecule has 1 amide bonds. The van der Waals surface area contributed by atoms with E-state index in [0.717, 1.165) is 0 Å². The van der Waals surface area contributed by atoms with Crippen LogP contribution in [0.5, 0.6) is 0 Å². The predicted molar refractivity (Wildman–Crippen MR) is 126 cm³/mol. The number of benzene rings is 2. The molecule has 0 atom stereocenters. The molecule has 0 radical (unpaired) electrons. The van der Waals surface area contributed by atoms with Crippen LogP contribution in [0.25, 0.3) is 10.8 Å². The number of H-pyrrole nitrogens is 1. The van der Waals surface area contributed by atoms with Gasteiger partial charge in [0, 0.05) is 32.7 Å². The summed E-state index contributed by atoms with van der Waals surface area (Å²) in [5.74, 6) is -1.05. The first-order valence-corrected chi connectivity index (χ1v) is 11.1. The molecule has 0 spiro atoms. The van der Waals surface area contributed by atoms with Gasteiger partial charge < -0.3 is 9.64 Å². The number of nitrogens with one attached hydrogen (secondary N) is 1. The molecule has 9 nitrogen and oxygen atoms in total. The topological polar surface area (TPSA) is 118 Å². The molecular formula is C24H27FN4O5. The molecule has 0 aliphatic carbocycles. The quantitative estimate of drug-likeness (QED) is 0.447. The maximum atomic E-state index is 14.5. The van der Waals surface area contributed by atoms with Gasteiger partial charge in [-0.15, -0.1) is 0 Å². The Morgan fingerprint density at radius 2 is 1.97 bits per heavy atom. The Balaban J connectivity index is 0.00000158. The van der Waals surface area contributed by atoms with Crippen molar-refractivity contribution in [1.29, 1.82) is 0 Å². The van der Waals surface area contributed by atoms with E-state index >= 15 is 0 Å². The molecule has 34 heavy (non-hydrogen) atoms. The van der Waals surface area contributed by atoms with Gasteiger partial charge in [-0.05, 0) is 36.6 Å². The molecular weight excluding hydrogens is 443 g/mol. The number of aromatic nitrogens is 2. The minimum atomic E-state index is -0.641. The van der Waals surface area contributed by atoms with Crippen molar-refractivity contribution < 1.29 is 18.8 Å². The Hall–Kier alpha value is -3.66. The highest BCUT2D eigenvalue weighted by Gasteiger charge is 2.26. The highest BCUT2D eigenvalue weighted by molar-refractivity contribution is 5.95. The number of hydrogen-bond acceptors (Lipinski definition) is 6. The number of amides is 1. The number of nitro benzene ring substituents is 1. The maximum Gasteiger partial charge on any atom is 0.279 e. The number of non-ortho nitro benzene ring substituents is 1. The number of hydrogen-bond donors (Lipinski definition) is 1. The van der Waals surface area contributed by atoms with Crippen LogP contribution in [0.1, 0.15) is 48.3 Å². The second-order valence-corrected chi connectivity index (χ2v) is 7.67. The molecule has 10 heteroatoms. The normalized spacial score (nSPS) is 13.9. The van der Waals surface area contributed by atoms with Crippen LogP contribution in [-0.4, -0.2) is 52.2 Å². The smallest absolute Gasteiger partial charge is 0.279 e. The van der Waals surface area contributed by atoms with E-state index in [1.165, 1.54) is 36.4 Å². The molecule has 1 saturated heterocycles. The summed E-state index contributed by atoms with van der Waals surface area (Å²) in [4.78, 5) is 37.5. The fourth-order valence-electron chi connectivity index (χ4n) is 4.05. The van der Waals surface area contributed by atoms with E-state index in [-0.39, 0.29) is 40.2 Å². The summed E-state index contributed by atoms with van der Waals surface area (Å²) in [6.45, 7) is 4.94. The van der Waals surface area contributed by atoms with Gasteiger partial charge in [0.2, 0.25) is 0 Å². The lowest BCUT2D eigenvalue weighted by molar-refractivity contribution is -0.383. The molecule has 1 fully saturated rings. The van der Waals surface area contributed by atoms with Gasteiger partial charge in [0.05, 0.1) is 33.1 Å². The zero-order valence-electron chi connectivity index (χ0n) is 19.3. The van der Waals surface area contributed by atoms with Crippen molar-refractivity contribution in [1.82, 2.24) is 15.1 Å². The second kappa shape index (κ2) is 11.0. The Morgan fingerprint density at radius 1 is 1.26 bits per heavy atom. The molecule has 1 aliphatic rings. The van der Waals surface area contributed by atoms with Crippen LogP contribution >= 0.6 is 0 Å². The third kappa shape index (κ3) is 5.12. The zero-order chi connectivity index (χ0) is 24.8. The Bertz CT molecular complexity index is 1250. The molecule has 0 saturated carbocycles. The molecule has 0 unspecified atom stereocenters. The average Bonchev–Trinajstić information content (AvgIpc) is 2.87. The molecule has 2 aromatic carbocycles. The summed E-state index contributed by atoms with van der Waals surface area (Å²) >= 11 is 0. The second-order valence-electron chi connectivity index (χ2n) is 7.67. The van der Waals surface area contributed by atoms with Crippen molar-refractivity contribution in [2.45, 2.75) is 39.2 Å². The maximum absolute atomic E-state index is 14.5. The molecule has 1 aromatic heterocycles. The van der Waals surface area contributed by atoms with Crippen molar-refractivity contribution in [3.05, 3.63) is 79.5 Å². The summed E-state index contributed by atoms with van der Waals surface area (Å²) in [5, 5.41) is 18.1. The van der Waals surface area contributed by atoms with Gasteiger partial charge in [-0.1, -0.05) is 26.0 Å². The zero-order valence-corrected chi connectivity index (χ0v) is 19.3. The van der Waals surface area contributed by atoms with E-state index in [4.69, 9.17) is 4.74 Å². The largest absolute Gasteiger partial charge is 0.381 e. The van der Waals surface area contributed by atoms with Crippen LogP contribution in [0, 0.1) is 15.9 Å².